The van der Waals surface area contributed by atoms with Crippen molar-refractivity contribution in [3.63, 3.8) is 0 Å². The summed E-state index contributed by atoms with van der Waals surface area (Å²) < 4.78 is 2.23. The van der Waals surface area contributed by atoms with E-state index in [1.54, 1.807) is 11.3 Å². The second kappa shape index (κ2) is 8.11. The van der Waals surface area contributed by atoms with Crippen LogP contribution in [0.5, 0.6) is 0 Å². The molecule has 5 aromatic rings. The Morgan fingerprint density at radius 2 is 1.91 bits per heavy atom. The summed E-state index contributed by atoms with van der Waals surface area (Å²) in [5.74, 6) is 2.27. The lowest BCUT2D eigenvalue weighted by Crippen LogP contribution is -2.21. The van der Waals surface area contributed by atoms with Crippen LogP contribution in [0.4, 0.5) is 0 Å². The minimum absolute atomic E-state index is 0.463. The van der Waals surface area contributed by atoms with Crippen LogP contribution in [0.2, 0.25) is 0 Å². The Morgan fingerprint density at radius 1 is 1.03 bits per heavy atom. The van der Waals surface area contributed by atoms with Gasteiger partial charge < -0.3 is 5.73 Å². The van der Waals surface area contributed by atoms with Gasteiger partial charge in [-0.15, -0.1) is 11.3 Å². The van der Waals surface area contributed by atoms with Gasteiger partial charge in [-0.2, -0.15) is 0 Å². The molecule has 0 unspecified atom stereocenters. The number of hydrogen-bond donors (Lipinski definition) is 1. The molecule has 160 valence electrons. The zero-order valence-corrected chi connectivity index (χ0v) is 18.6. The molecule has 6 heteroatoms. The molecule has 6 rings (SSSR count). The predicted octanol–water partition coefficient (Wildman–Crippen LogP) is 5.91. The van der Waals surface area contributed by atoms with Gasteiger partial charge >= 0.3 is 0 Å². The Hall–Kier alpha value is -3.09. The van der Waals surface area contributed by atoms with Crippen molar-refractivity contribution in [2.75, 3.05) is 6.54 Å². The largest absolute Gasteiger partial charge is 0.330 e. The van der Waals surface area contributed by atoms with E-state index in [0.717, 1.165) is 58.6 Å². The van der Waals surface area contributed by atoms with Crippen LogP contribution >= 0.6 is 11.3 Å². The van der Waals surface area contributed by atoms with Crippen LogP contribution < -0.4 is 5.73 Å². The summed E-state index contributed by atoms with van der Waals surface area (Å²) >= 11 is 1.71. The highest BCUT2D eigenvalue weighted by Gasteiger charge is 2.26. The van der Waals surface area contributed by atoms with Crippen molar-refractivity contribution in [2.24, 2.45) is 11.7 Å². The molecule has 0 radical (unpaired) electrons. The minimum Gasteiger partial charge on any atom is -0.330 e. The number of fused-ring (bicyclic) bond motifs is 2. The lowest BCUT2D eigenvalue weighted by molar-refractivity contribution is 0.325. The number of nitrogens with two attached hydrogens (primary N) is 1. The van der Waals surface area contributed by atoms with E-state index in [0.29, 0.717) is 11.8 Å². The van der Waals surface area contributed by atoms with Gasteiger partial charge in [0.25, 0.3) is 0 Å². The Bertz CT molecular complexity index is 1380. The Kier molecular flexibility index (Phi) is 4.97. The molecule has 0 bridgehead atoms. The van der Waals surface area contributed by atoms with Gasteiger partial charge in [-0.05, 0) is 61.7 Å². The highest BCUT2D eigenvalue weighted by atomic mass is 32.1. The maximum absolute atomic E-state index is 5.91. The fourth-order valence-electron chi connectivity index (χ4n) is 4.94. The van der Waals surface area contributed by atoms with E-state index < -0.39 is 0 Å². The molecule has 0 aliphatic heterocycles. The summed E-state index contributed by atoms with van der Waals surface area (Å²) in [6, 6.07) is 14.9. The molecule has 0 amide bonds. The molecule has 1 aliphatic carbocycles. The first-order valence-electron chi connectivity index (χ1n) is 11.3. The summed E-state index contributed by atoms with van der Waals surface area (Å²) in [5, 5.41) is 3.22. The number of aromatic nitrogens is 4. The van der Waals surface area contributed by atoms with Gasteiger partial charge in [0.1, 0.15) is 5.82 Å². The van der Waals surface area contributed by atoms with Crippen LogP contribution in [0.3, 0.4) is 0 Å². The van der Waals surface area contributed by atoms with Crippen LogP contribution in [0.25, 0.3) is 38.2 Å². The number of pyridine rings is 1. The molecule has 4 aromatic heterocycles. The quantitative estimate of drug-likeness (QED) is 0.378. The van der Waals surface area contributed by atoms with Crippen molar-refractivity contribution in [3.8, 4) is 21.8 Å². The molecule has 2 N–H and O–H groups in total. The SMILES string of the molecule is NCC1CCC(c2nc(-c3ccc4ccc(-c5cccs5)nc4c3)c3cnccn23)CC1. The molecule has 4 heterocycles. The normalized spacial score (nSPS) is 19.0. The van der Waals surface area contributed by atoms with Gasteiger partial charge in [-0.1, -0.05) is 24.3 Å². The van der Waals surface area contributed by atoms with E-state index in [1.165, 1.54) is 17.7 Å². The van der Waals surface area contributed by atoms with E-state index >= 15 is 0 Å². The van der Waals surface area contributed by atoms with Crippen LogP contribution in [0.1, 0.15) is 37.4 Å². The first kappa shape index (κ1) is 19.6. The molecule has 32 heavy (non-hydrogen) atoms. The molecular formula is C26H25N5S. The van der Waals surface area contributed by atoms with Crippen LogP contribution in [0, 0.1) is 5.92 Å². The number of nitrogens with zero attached hydrogens (tertiary/aromatic N) is 4. The van der Waals surface area contributed by atoms with Crippen molar-refractivity contribution in [2.45, 2.75) is 31.6 Å². The van der Waals surface area contributed by atoms with Crippen LogP contribution in [-0.4, -0.2) is 25.9 Å². The van der Waals surface area contributed by atoms with E-state index in [-0.39, 0.29) is 0 Å². The molecule has 1 fully saturated rings. The van der Waals surface area contributed by atoms with Gasteiger partial charge in [-0.3, -0.25) is 9.38 Å². The highest BCUT2D eigenvalue weighted by Crippen LogP contribution is 2.37. The van der Waals surface area contributed by atoms with Gasteiger partial charge in [0.05, 0.1) is 33.5 Å². The zero-order chi connectivity index (χ0) is 21.5. The van der Waals surface area contributed by atoms with Crippen molar-refractivity contribution in [1.29, 1.82) is 0 Å². The van der Waals surface area contributed by atoms with E-state index in [4.69, 9.17) is 15.7 Å². The van der Waals surface area contributed by atoms with Gasteiger partial charge in [0.2, 0.25) is 0 Å². The van der Waals surface area contributed by atoms with Crippen molar-refractivity contribution >= 4 is 27.8 Å². The zero-order valence-electron chi connectivity index (χ0n) is 17.8. The Morgan fingerprint density at radius 3 is 2.72 bits per heavy atom. The summed E-state index contributed by atoms with van der Waals surface area (Å²) in [6.07, 6.45) is 10.5. The van der Waals surface area contributed by atoms with Crippen LogP contribution in [0.15, 0.2) is 66.4 Å². The highest BCUT2D eigenvalue weighted by molar-refractivity contribution is 7.13. The third-order valence-electron chi connectivity index (χ3n) is 6.76. The number of thiophene rings is 1. The molecule has 5 nitrogen and oxygen atoms in total. The molecule has 1 saturated carbocycles. The van der Waals surface area contributed by atoms with Gasteiger partial charge in [0.15, 0.2) is 0 Å². The molecule has 1 aliphatic rings. The summed E-state index contributed by atoms with van der Waals surface area (Å²) in [7, 11) is 0. The monoisotopic (exact) mass is 439 g/mol. The fourth-order valence-corrected chi connectivity index (χ4v) is 5.64. The second-order valence-corrected chi connectivity index (χ2v) is 9.63. The number of rotatable bonds is 4. The molecule has 1 aromatic carbocycles. The van der Waals surface area contributed by atoms with E-state index in [9.17, 15) is 0 Å². The van der Waals surface area contributed by atoms with Crippen LogP contribution in [-0.2, 0) is 0 Å². The Labute approximate surface area is 191 Å². The first-order valence-corrected chi connectivity index (χ1v) is 12.1. The average molecular weight is 440 g/mol. The van der Waals surface area contributed by atoms with Gasteiger partial charge in [-0.25, -0.2) is 9.97 Å². The maximum Gasteiger partial charge on any atom is 0.117 e. The minimum atomic E-state index is 0.463. The third kappa shape index (κ3) is 3.40. The molecular weight excluding hydrogens is 414 g/mol. The number of imidazole rings is 1. The maximum atomic E-state index is 5.91. The van der Waals surface area contributed by atoms with Crippen molar-refractivity contribution in [1.82, 2.24) is 19.4 Å². The lowest BCUT2D eigenvalue weighted by atomic mass is 9.81. The summed E-state index contributed by atoms with van der Waals surface area (Å²) in [6.45, 7) is 0.793. The smallest absolute Gasteiger partial charge is 0.117 e. The summed E-state index contributed by atoms with van der Waals surface area (Å²) in [4.78, 5) is 15.7. The molecule has 0 saturated heterocycles. The first-order chi connectivity index (χ1) is 15.8. The lowest BCUT2D eigenvalue weighted by Gasteiger charge is -2.26. The van der Waals surface area contributed by atoms with E-state index in [1.807, 2.05) is 18.6 Å². The standard InChI is InChI=1S/C26H25N5S/c27-15-17-3-5-19(6-4-17)26-30-25(23-16-28-11-12-31(23)26)20-8-7-18-9-10-21(29-22(18)14-20)24-2-1-13-32-24/h1-2,7-14,16-17,19H,3-6,15,27H2. The summed E-state index contributed by atoms with van der Waals surface area (Å²) in [5.41, 5.74) is 11.0. The number of benzene rings is 1. The van der Waals surface area contributed by atoms with Gasteiger partial charge in [0, 0.05) is 29.3 Å². The molecule has 0 spiro atoms. The Balaban J connectivity index is 1.44. The van der Waals surface area contributed by atoms with E-state index in [2.05, 4.69) is 57.2 Å². The van der Waals surface area contributed by atoms with Crippen molar-refractivity contribution in [3.05, 3.63) is 72.3 Å². The average Bonchev–Trinajstić information content (AvgIpc) is 3.52. The topological polar surface area (TPSA) is 69.1 Å². The second-order valence-electron chi connectivity index (χ2n) is 8.68. The van der Waals surface area contributed by atoms with Crippen molar-refractivity contribution < 1.29 is 0 Å². The molecule has 0 atom stereocenters. The number of hydrogen-bond acceptors (Lipinski definition) is 5. The third-order valence-corrected chi connectivity index (χ3v) is 7.65. The predicted molar refractivity (Wildman–Crippen MR) is 131 cm³/mol. The fraction of sp³-hybridized carbons (Fsp3) is 0.269.